The predicted molar refractivity (Wildman–Crippen MR) is 147 cm³/mol. The number of fused-ring (bicyclic) bond motifs is 2. The Bertz CT molecular complexity index is 1420. The van der Waals surface area contributed by atoms with Gasteiger partial charge < -0.3 is 29.6 Å². The number of H-pyrrole nitrogens is 1. The molecule has 4 aromatic rings. The second kappa shape index (κ2) is 11.9. The number of ether oxygens (including phenoxy) is 3. The second-order valence-corrected chi connectivity index (χ2v) is 9.82. The zero-order valence-electron chi connectivity index (χ0n) is 21.8. The summed E-state index contributed by atoms with van der Waals surface area (Å²) in [7, 11) is 3.41. The van der Waals surface area contributed by atoms with Crippen LogP contribution in [0.25, 0.3) is 10.9 Å². The maximum Gasteiger partial charge on any atom is 0.248 e. The van der Waals surface area contributed by atoms with Crippen molar-refractivity contribution in [2.24, 2.45) is 0 Å². The highest BCUT2D eigenvalue weighted by Crippen LogP contribution is 2.31. The molecule has 0 bridgehead atoms. The monoisotopic (exact) mass is 514 g/mol. The summed E-state index contributed by atoms with van der Waals surface area (Å²) in [5.41, 5.74) is 7.10. The summed E-state index contributed by atoms with van der Waals surface area (Å²) in [6.45, 7) is 1.90. The number of hydrogen-bond acceptors (Lipinski definition) is 6. The van der Waals surface area contributed by atoms with E-state index in [0.29, 0.717) is 37.6 Å². The Morgan fingerprint density at radius 2 is 1.61 bits per heavy atom. The number of aromatic nitrogens is 1. The second-order valence-electron chi connectivity index (χ2n) is 9.82. The van der Waals surface area contributed by atoms with E-state index in [-0.39, 0.29) is 11.6 Å². The van der Waals surface area contributed by atoms with E-state index in [4.69, 9.17) is 14.2 Å². The summed E-state index contributed by atoms with van der Waals surface area (Å²) in [6, 6.07) is 21.5. The van der Waals surface area contributed by atoms with E-state index in [0.717, 1.165) is 40.5 Å². The largest absolute Gasteiger partial charge is 0.487 e. The molecule has 38 heavy (non-hydrogen) atoms. The molecule has 1 atom stereocenters. The van der Waals surface area contributed by atoms with Crippen molar-refractivity contribution in [2.75, 3.05) is 20.8 Å². The van der Waals surface area contributed by atoms with E-state index in [1.54, 1.807) is 20.3 Å². The average Bonchev–Trinajstić information content (AvgIpc) is 3.33. The number of aromatic amines is 1. The van der Waals surface area contributed by atoms with E-state index >= 15 is 0 Å². The number of rotatable bonds is 11. The Morgan fingerprint density at radius 1 is 0.921 bits per heavy atom. The lowest BCUT2D eigenvalue weighted by Gasteiger charge is -2.19. The number of benzene rings is 3. The third kappa shape index (κ3) is 5.81. The SMILES string of the molecule is COCc1cc2c(cc1COC)CC(NC[C@@H](O)c1ccc(OCc3ccccc3)c3[nH]c(=O)ccc13)C2. The third-order valence-electron chi connectivity index (χ3n) is 7.14. The summed E-state index contributed by atoms with van der Waals surface area (Å²) < 4.78 is 16.8. The van der Waals surface area contributed by atoms with Crippen LogP contribution in [-0.4, -0.2) is 36.9 Å². The summed E-state index contributed by atoms with van der Waals surface area (Å²) in [4.78, 5) is 15.0. The van der Waals surface area contributed by atoms with Gasteiger partial charge >= 0.3 is 0 Å². The van der Waals surface area contributed by atoms with E-state index < -0.39 is 6.10 Å². The van der Waals surface area contributed by atoms with Gasteiger partial charge in [0.15, 0.2) is 0 Å². The van der Waals surface area contributed by atoms with Gasteiger partial charge in [-0.3, -0.25) is 4.79 Å². The molecule has 198 valence electrons. The normalized spacial score (nSPS) is 14.1. The minimum Gasteiger partial charge on any atom is -0.487 e. The molecule has 1 aliphatic rings. The van der Waals surface area contributed by atoms with Gasteiger partial charge in [0.05, 0.1) is 24.8 Å². The van der Waals surface area contributed by atoms with Gasteiger partial charge in [0, 0.05) is 38.3 Å². The van der Waals surface area contributed by atoms with Crippen molar-refractivity contribution in [1.29, 1.82) is 0 Å². The lowest BCUT2D eigenvalue weighted by molar-refractivity contribution is 0.168. The molecule has 0 aliphatic heterocycles. The van der Waals surface area contributed by atoms with Crippen LogP contribution in [-0.2, 0) is 42.1 Å². The van der Waals surface area contributed by atoms with Crippen molar-refractivity contribution in [3.05, 3.63) is 110 Å². The molecule has 7 heteroatoms. The fraction of sp³-hybridized carbons (Fsp3) is 0.323. The van der Waals surface area contributed by atoms with Gasteiger partial charge in [-0.2, -0.15) is 0 Å². The Balaban J connectivity index is 1.29. The minimum atomic E-state index is -0.747. The highest BCUT2D eigenvalue weighted by atomic mass is 16.5. The topological polar surface area (TPSA) is 92.8 Å². The smallest absolute Gasteiger partial charge is 0.248 e. The molecule has 0 fully saturated rings. The van der Waals surface area contributed by atoms with Crippen molar-refractivity contribution >= 4 is 10.9 Å². The standard InChI is InChI=1S/C31H34N2O5/c1-36-18-23-12-21-14-25(15-22(21)13-24(23)19-37-2)32-16-28(34)26-8-10-29(31-27(26)9-11-30(35)33-31)38-17-20-6-4-3-5-7-20/h3-13,25,28,32,34H,14-19H2,1-2H3,(H,33,35)/t28-/m1/s1. The fourth-order valence-corrected chi connectivity index (χ4v) is 5.28. The Morgan fingerprint density at radius 3 is 2.26 bits per heavy atom. The first kappa shape index (κ1) is 26.1. The molecule has 0 spiro atoms. The number of methoxy groups -OCH3 is 2. The number of aliphatic hydroxyl groups excluding tert-OH is 1. The fourth-order valence-electron chi connectivity index (χ4n) is 5.28. The number of nitrogens with one attached hydrogen (secondary N) is 2. The average molecular weight is 515 g/mol. The molecule has 0 unspecified atom stereocenters. The molecule has 5 rings (SSSR count). The summed E-state index contributed by atoms with van der Waals surface area (Å²) in [5, 5.41) is 15.5. The Labute approximate surface area is 222 Å². The molecule has 0 amide bonds. The molecule has 3 aromatic carbocycles. The van der Waals surface area contributed by atoms with Crippen LogP contribution < -0.4 is 15.6 Å². The van der Waals surface area contributed by atoms with Gasteiger partial charge in [-0.05, 0) is 58.4 Å². The molecule has 1 aliphatic carbocycles. The zero-order valence-corrected chi connectivity index (χ0v) is 21.8. The highest BCUT2D eigenvalue weighted by Gasteiger charge is 2.24. The first-order valence-corrected chi connectivity index (χ1v) is 12.9. The van der Waals surface area contributed by atoms with E-state index in [1.165, 1.54) is 17.2 Å². The van der Waals surface area contributed by atoms with Gasteiger partial charge in [-0.1, -0.05) is 48.5 Å². The van der Waals surface area contributed by atoms with Crippen molar-refractivity contribution in [3.63, 3.8) is 0 Å². The predicted octanol–water partition coefficient (Wildman–Crippen LogP) is 4.19. The van der Waals surface area contributed by atoms with Gasteiger partial charge in [-0.25, -0.2) is 0 Å². The highest BCUT2D eigenvalue weighted by molar-refractivity contribution is 5.87. The number of pyridine rings is 1. The van der Waals surface area contributed by atoms with Gasteiger partial charge in [0.1, 0.15) is 12.4 Å². The lowest BCUT2D eigenvalue weighted by Crippen LogP contribution is -2.33. The molecule has 0 radical (unpaired) electrons. The molecule has 1 aromatic heterocycles. The Hall–Kier alpha value is -3.49. The number of hydrogen-bond donors (Lipinski definition) is 3. The first-order chi connectivity index (χ1) is 18.6. The zero-order chi connectivity index (χ0) is 26.5. The van der Waals surface area contributed by atoms with Crippen LogP contribution in [0, 0.1) is 0 Å². The quantitative estimate of drug-likeness (QED) is 0.278. The Kier molecular flexibility index (Phi) is 8.20. The summed E-state index contributed by atoms with van der Waals surface area (Å²) in [5.74, 6) is 0.579. The van der Waals surface area contributed by atoms with Crippen LogP contribution in [0.4, 0.5) is 0 Å². The van der Waals surface area contributed by atoms with E-state index in [1.807, 2.05) is 42.5 Å². The minimum absolute atomic E-state index is 0.212. The van der Waals surface area contributed by atoms with E-state index in [9.17, 15) is 9.90 Å². The first-order valence-electron chi connectivity index (χ1n) is 12.9. The maximum atomic E-state index is 12.1. The van der Waals surface area contributed by atoms with Crippen LogP contribution in [0.1, 0.15) is 39.5 Å². The van der Waals surface area contributed by atoms with Crippen LogP contribution in [0.2, 0.25) is 0 Å². The van der Waals surface area contributed by atoms with Crippen molar-refractivity contribution in [2.45, 2.75) is 44.8 Å². The van der Waals surface area contributed by atoms with Gasteiger partial charge in [-0.15, -0.1) is 0 Å². The van der Waals surface area contributed by atoms with Gasteiger partial charge in [0.25, 0.3) is 0 Å². The molecular weight excluding hydrogens is 480 g/mol. The van der Waals surface area contributed by atoms with Crippen LogP contribution in [0.5, 0.6) is 5.75 Å². The molecule has 3 N–H and O–H groups in total. The summed E-state index contributed by atoms with van der Waals surface area (Å²) in [6.07, 6.45) is 1.04. The number of aliphatic hydroxyl groups is 1. The molecule has 7 nitrogen and oxygen atoms in total. The van der Waals surface area contributed by atoms with Crippen LogP contribution in [0.3, 0.4) is 0 Å². The molecule has 1 heterocycles. The third-order valence-corrected chi connectivity index (χ3v) is 7.14. The van der Waals surface area contributed by atoms with E-state index in [2.05, 4.69) is 22.4 Å². The summed E-state index contributed by atoms with van der Waals surface area (Å²) >= 11 is 0. The van der Waals surface area contributed by atoms with Crippen molar-refractivity contribution in [3.8, 4) is 5.75 Å². The maximum absolute atomic E-state index is 12.1. The van der Waals surface area contributed by atoms with Gasteiger partial charge in [0.2, 0.25) is 5.56 Å². The van der Waals surface area contributed by atoms with Crippen LogP contribution in [0.15, 0.2) is 71.5 Å². The molecule has 0 saturated heterocycles. The van der Waals surface area contributed by atoms with Crippen molar-refractivity contribution in [1.82, 2.24) is 10.3 Å². The van der Waals surface area contributed by atoms with Crippen molar-refractivity contribution < 1.29 is 19.3 Å². The lowest BCUT2D eigenvalue weighted by atomic mass is 10.0. The molecular formula is C31H34N2O5. The van der Waals surface area contributed by atoms with Crippen LogP contribution >= 0.6 is 0 Å². The molecule has 0 saturated carbocycles.